The first-order valence-corrected chi connectivity index (χ1v) is 6.46. The van der Waals surface area contributed by atoms with Crippen molar-refractivity contribution in [2.75, 3.05) is 26.7 Å². The SMILES string of the molecule is CCNC(=NCCC(=O)OC)NCCn1cccc1.I. The zero-order chi connectivity index (χ0) is 13.9. The summed E-state index contributed by atoms with van der Waals surface area (Å²) in [6.45, 7) is 4.86. The molecule has 1 heterocycles. The monoisotopic (exact) mass is 394 g/mol. The zero-order valence-electron chi connectivity index (χ0n) is 12.0. The quantitative estimate of drug-likeness (QED) is 0.316. The number of rotatable bonds is 7. The standard InChI is InChI=1S/C13H22N4O2.HI/c1-3-14-13(15-7-6-12(18)19-2)16-8-11-17-9-4-5-10-17;/h4-5,9-10H,3,6-8,11H2,1-2H3,(H2,14,15,16);1H. The van der Waals surface area contributed by atoms with Crippen LogP contribution in [-0.2, 0) is 16.1 Å². The normalized spacial score (nSPS) is 10.6. The van der Waals surface area contributed by atoms with Crippen LogP contribution < -0.4 is 10.6 Å². The smallest absolute Gasteiger partial charge is 0.307 e. The van der Waals surface area contributed by atoms with Gasteiger partial charge in [0, 0.05) is 32.0 Å². The Morgan fingerprint density at radius 3 is 2.60 bits per heavy atom. The first-order chi connectivity index (χ1) is 9.26. The maximum Gasteiger partial charge on any atom is 0.307 e. The molecule has 0 spiro atoms. The molecule has 0 atom stereocenters. The van der Waals surface area contributed by atoms with Crippen LogP contribution in [0, 0.1) is 0 Å². The van der Waals surface area contributed by atoms with Crippen molar-refractivity contribution < 1.29 is 9.53 Å². The average molecular weight is 394 g/mol. The third-order valence-corrected chi connectivity index (χ3v) is 2.49. The van der Waals surface area contributed by atoms with E-state index in [1.165, 1.54) is 7.11 Å². The van der Waals surface area contributed by atoms with E-state index in [1.54, 1.807) is 0 Å². The number of hydrogen-bond donors (Lipinski definition) is 2. The van der Waals surface area contributed by atoms with E-state index in [1.807, 2.05) is 31.5 Å². The van der Waals surface area contributed by atoms with Crippen molar-refractivity contribution in [3.05, 3.63) is 24.5 Å². The van der Waals surface area contributed by atoms with Crippen LogP contribution in [0.5, 0.6) is 0 Å². The van der Waals surface area contributed by atoms with Gasteiger partial charge >= 0.3 is 5.97 Å². The molecule has 1 rings (SSSR count). The van der Waals surface area contributed by atoms with Crippen LogP contribution in [0.4, 0.5) is 0 Å². The van der Waals surface area contributed by atoms with Gasteiger partial charge in [0.25, 0.3) is 0 Å². The maximum absolute atomic E-state index is 11.0. The highest BCUT2D eigenvalue weighted by Crippen LogP contribution is 1.89. The zero-order valence-corrected chi connectivity index (χ0v) is 14.3. The van der Waals surface area contributed by atoms with Crippen molar-refractivity contribution in [1.82, 2.24) is 15.2 Å². The summed E-state index contributed by atoms with van der Waals surface area (Å²) in [4.78, 5) is 15.3. The second-order valence-electron chi connectivity index (χ2n) is 3.93. The molecule has 7 heteroatoms. The molecule has 0 aromatic carbocycles. The number of carbonyl (C=O) groups excluding carboxylic acids is 1. The minimum absolute atomic E-state index is 0. The number of hydrogen-bond acceptors (Lipinski definition) is 3. The highest BCUT2D eigenvalue weighted by atomic mass is 127. The molecule has 0 amide bonds. The van der Waals surface area contributed by atoms with Gasteiger partial charge in [-0.2, -0.15) is 0 Å². The predicted molar refractivity (Wildman–Crippen MR) is 90.5 cm³/mol. The minimum atomic E-state index is -0.244. The van der Waals surface area contributed by atoms with E-state index in [-0.39, 0.29) is 29.9 Å². The van der Waals surface area contributed by atoms with Gasteiger partial charge in [-0.15, -0.1) is 24.0 Å². The largest absolute Gasteiger partial charge is 0.469 e. The Hall–Kier alpha value is -1.25. The van der Waals surface area contributed by atoms with Crippen molar-refractivity contribution in [1.29, 1.82) is 0 Å². The molecule has 0 aliphatic rings. The Morgan fingerprint density at radius 2 is 2.00 bits per heavy atom. The molecule has 0 aliphatic heterocycles. The topological polar surface area (TPSA) is 67.7 Å². The van der Waals surface area contributed by atoms with Gasteiger partial charge < -0.3 is 19.9 Å². The summed E-state index contributed by atoms with van der Waals surface area (Å²) in [5.74, 6) is 0.477. The molecular weight excluding hydrogens is 371 g/mol. The van der Waals surface area contributed by atoms with E-state index in [0.29, 0.717) is 13.0 Å². The van der Waals surface area contributed by atoms with E-state index in [4.69, 9.17) is 0 Å². The van der Waals surface area contributed by atoms with Gasteiger partial charge in [-0.25, -0.2) is 0 Å². The van der Waals surface area contributed by atoms with Crippen molar-refractivity contribution in [2.24, 2.45) is 4.99 Å². The van der Waals surface area contributed by atoms with Gasteiger partial charge in [0.15, 0.2) is 5.96 Å². The molecule has 0 aliphatic carbocycles. The molecule has 0 saturated carbocycles. The number of carbonyl (C=O) groups is 1. The lowest BCUT2D eigenvalue weighted by molar-refractivity contribution is -0.140. The Balaban J connectivity index is 0.00000361. The van der Waals surface area contributed by atoms with Crippen LogP contribution >= 0.6 is 24.0 Å². The van der Waals surface area contributed by atoms with E-state index in [2.05, 4.69) is 24.9 Å². The Morgan fingerprint density at radius 1 is 1.30 bits per heavy atom. The summed E-state index contributed by atoms with van der Waals surface area (Å²) in [7, 11) is 1.38. The number of ether oxygens (including phenoxy) is 1. The van der Waals surface area contributed by atoms with Crippen LogP contribution in [0.1, 0.15) is 13.3 Å². The molecule has 1 aromatic rings. The fraction of sp³-hybridized carbons (Fsp3) is 0.538. The summed E-state index contributed by atoms with van der Waals surface area (Å²) < 4.78 is 6.66. The molecule has 114 valence electrons. The molecule has 0 bridgehead atoms. The molecule has 6 nitrogen and oxygen atoms in total. The van der Waals surface area contributed by atoms with Gasteiger partial charge in [-0.3, -0.25) is 9.79 Å². The fourth-order valence-corrected chi connectivity index (χ4v) is 1.53. The van der Waals surface area contributed by atoms with Crippen molar-refractivity contribution in [2.45, 2.75) is 19.9 Å². The van der Waals surface area contributed by atoms with E-state index < -0.39 is 0 Å². The first-order valence-electron chi connectivity index (χ1n) is 6.46. The number of nitrogens with zero attached hydrogens (tertiary/aromatic N) is 2. The lowest BCUT2D eigenvalue weighted by Crippen LogP contribution is -2.39. The lowest BCUT2D eigenvalue weighted by atomic mass is 10.4. The minimum Gasteiger partial charge on any atom is -0.469 e. The van der Waals surface area contributed by atoms with Gasteiger partial charge in [-0.1, -0.05) is 0 Å². The summed E-state index contributed by atoms with van der Waals surface area (Å²) in [6, 6.07) is 3.99. The van der Waals surface area contributed by atoms with E-state index in [9.17, 15) is 4.79 Å². The molecule has 20 heavy (non-hydrogen) atoms. The van der Waals surface area contributed by atoms with Crippen LogP contribution in [-0.4, -0.2) is 43.2 Å². The Labute approximate surface area is 137 Å². The molecule has 0 fully saturated rings. The fourth-order valence-electron chi connectivity index (χ4n) is 1.53. The third kappa shape index (κ3) is 8.03. The number of esters is 1. The van der Waals surface area contributed by atoms with Crippen LogP contribution in [0.2, 0.25) is 0 Å². The maximum atomic E-state index is 11.0. The molecule has 0 radical (unpaired) electrons. The number of guanidine groups is 1. The number of nitrogens with one attached hydrogen (secondary N) is 2. The third-order valence-electron chi connectivity index (χ3n) is 2.49. The first kappa shape index (κ1) is 18.8. The Kier molecular flexibility index (Phi) is 10.8. The van der Waals surface area contributed by atoms with Crippen molar-refractivity contribution >= 4 is 35.9 Å². The van der Waals surface area contributed by atoms with Crippen LogP contribution in [0.25, 0.3) is 0 Å². The van der Waals surface area contributed by atoms with Crippen LogP contribution in [0.3, 0.4) is 0 Å². The highest BCUT2D eigenvalue weighted by Gasteiger charge is 2.00. The molecule has 1 aromatic heterocycles. The molecule has 2 N–H and O–H groups in total. The van der Waals surface area contributed by atoms with Gasteiger partial charge in [0.05, 0.1) is 20.1 Å². The number of halogens is 1. The molecule has 0 saturated heterocycles. The van der Waals surface area contributed by atoms with E-state index >= 15 is 0 Å². The van der Waals surface area contributed by atoms with Crippen molar-refractivity contribution in [3.63, 3.8) is 0 Å². The lowest BCUT2D eigenvalue weighted by Gasteiger charge is -2.11. The number of methoxy groups -OCH3 is 1. The summed E-state index contributed by atoms with van der Waals surface area (Å²) in [5.41, 5.74) is 0. The summed E-state index contributed by atoms with van der Waals surface area (Å²) in [6.07, 6.45) is 4.33. The van der Waals surface area contributed by atoms with E-state index in [0.717, 1.165) is 25.6 Å². The van der Waals surface area contributed by atoms with Gasteiger partial charge in [0.1, 0.15) is 0 Å². The summed E-state index contributed by atoms with van der Waals surface area (Å²) >= 11 is 0. The second-order valence-corrected chi connectivity index (χ2v) is 3.93. The van der Waals surface area contributed by atoms with Gasteiger partial charge in [0.2, 0.25) is 0 Å². The molecular formula is C13H23IN4O2. The Bertz CT molecular complexity index is 393. The van der Waals surface area contributed by atoms with Crippen molar-refractivity contribution in [3.8, 4) is 0 Å². The average Bonchev–Trinajstić information content (AvgIpc) is 2.91. The summed E-state index contributed by atoms with van der Waals surface area (Å²) in [5, 5.41) is 6.35. The number of aliphatic imine (C=N–C) groups is 1. The van der Waals surface area contributed by atoms with Crippen LogP contribution in [0.15, 0.2) is 29.5 Å². The number of aromatic nitrogens is 1. The second kappa shape index (κ2) is 11.6. The van der Waals surface area contributed by atoms with Gasteiger partial charge in [-0.05, 0) is 19.1 Å². The molecule has 0 unspecified atom stereocenters. The highest BCUT2D eigenvalue weighted by molar-refractivity contribution is 14.0. The predicted octanol–water partition coefficient (Wildman–Crippen LogP) is 1.22.